The zero-order chi connectivity index (χ0) is 19.6. The number of nitriles is 1. The van der Waals surface area contributed by atoms with E-state index in [1.807, 2.05) is 19.1 Å². The van der Waals surface area contributed by atoms with Crippen LogP contribution < -0.4 is 15.2 Å². The zero-order valence-electron chi connectivity index (χ0n) is 15.4. The van der Waals surface area contributed by atoms with Gasteiger partial charge in [0.2, 0.25) is 0 Å². The molecule has 1 unspecified atom stereocenters. The van der Waals surface area contributed by atoms with Gasteiger partial charge in [0.25, 0.3) is 5.91 Å². The van der Waals surface area contributed by atoms with Gasteiger partial charge in [-0.25, -0.2) is 0 Å². The Morgan fingerprint density at radius 3 is 2.67 bits per heavy atom. The molecule has 0 spiro atoms. The van der Waals surface area contributed by atoms with Gasteiger partial charge in [-0.1, -0.05) is 12.6 Å². The van der Waals surface area contributed by atoms with Crippen molar-refractivity contribution in [3.05, 3.63) is 59.7 Å². The third-order valence-electron chi connectivity index (χ3n) is 4.56. The van der Waals surface area contributed by atoms with Crippen LogP contribution in [0, 0.1) is 11.3 Å². The van der Waals surface area contributed by atoms with Gasteiger partial charge in [0.15, 0.2) is 11.5 Å². The molecule has 0 fully saturated rings. The Morgan fingerprint density at radius 2 is 2.00 bits per heavy atom. The Hall–Kier alpha value is -3.46. The van der Waals surface area contributed by atoms with Gasteiger partial charge in [-0.2, -0.15) is 5.26 Å². The molecule has 6 heteroatoms. The average Bonchev–Trinajstić information content (AvgIpc) is 2.90. The highest BCUT2D eigenvalue weighted by Gasteiger charge is 2.37. The third kappa shape index (κ3) is 3.20. The molecule has 1 aliphatic rings. The van der Waals surface area contributed by atoms with Gasteiger partial charge in [0, 0.05) is 22.5 Å². The van der Waals surface area contributed by atoms with Crippen LogP contribution in [0.4, 0.5) is 5.69 Å². The van der Waals surface area contributed by atoms with E-state index < -0.39 is 6.04 Å². The summed E-state index contributed by atoms with van der Waals surface area (Å²) >= 11 is 0. The molecule has 1 atom stereocenters. The van der Waals surface area contributed by atoms with Crippen LogP contribution >= 0.6 is 0 Å². The number of benzene rings is 2. The molecule has 2 aromatic carbocycles. The number of amides is 1. The number of hydrogen-bond acceptors (Lipinski definition) is 5. The fourth-order valence-electron chi connectivity index (χ4n) is 3.31. The minimum absolute atomic E-state index is 0.117. The van der Waals surface area contributed by atoms with Gasteiger partial charge in [0.05, 0.1) is 32.2 Å². The molecule has 2 N–H and O–H groups in total. The lowest BCUT2D eigenvalue weighted by Crippen LogP contribution is -2.28. The van der Waals surface area contributed by atoms with Gasteiger partial charge >= 0.3 is 0 Å². The lowest BCUT2D eigenvalue weighted by molar-refractivity contribution is 0.0804. The van der Waals surface area contributed by atoms with Crippen molar-refractivity contribution in [1.82, 2.24) is 4.90 Å². The van der Waals surface area contributed by atoms with Crippen LogP contribution in [0.25, 0.3) is 5.70 Å². The standard InChI is InChI=1S/C21H21N3O3/c1-4-27-20-11-14(5-8-19(20)26-3)18(9-10-22)24-13(2)17-12-15(23)6-7-16(17)21(24)25/h5-8,11-12,18H,2,4,9,23H2,1,3H3. The Labute approximate surface area is 158 Å². The van der Waals surface area contributed by atoms with Crippen molar-refractivity contribution in [2.75, 3.05) is 19.5 Å². The van der Waals surface area contributed by atoms with Crippen LogP contribution in [0.15, 0.2) is 43.0 Å². The quantitative estimate of drug-likeness (QED) is 0.790. The number of fused-ring (bicyclic) bond motifs is 1. The summed E-state index contributed by atoms with van der Waals surface area (Å²) in [5, 5.41) is 9.37. The molecular formula is C21H21N3O3. The molecular weight excluding hydrogens is 342 g/mol. The maximum Gasteiger partial charge on any atom is 0.259 e. The molecule has 1 heterocycles. The number of methoxy groups -OCH3 is 1. The second-order valence-corrected chi connectivity index (χ2v) is 6.15. The monoisotopic (exact) mass is 363 g/mol. The fourth-order valence-corrected chi connectivity index (χ4v) is 3.31. The summed E-state index contributed by atoms with van der Waals surface area (Å²) in [6.07, 6.45) is 0.117. The first-order valence-corrected chi connectivity index (χ1v) is 8.61. The summed E-state index contributed by atoms with van der Waals surface area (Å²) in [7, 11) is 1.57. The Bertz CT molecular complexity index is 946. The topological polar surface area (TPSA) is 88.6 Å². The maximum absolute atomic E-state index is 13.0. The molecule has 3 rings (SSSR count). The van der Waals surface area contributed by atoms with Crippen LogP contribution in [-0.4, -0.2) is 24.5 Å². The van der Waals surface area contributed by atoms with E-state index in [0.29, 0.717) is 40.6 Å². The minimum Gasteiger partial charge on any atom is -0.493 e. The number of carbonyl (C=O) groups excluding carboxylic acids is 1. The normalized spacial score (nSPS) is 13.9. The average molecular weight is 363 g/mol. The van der Waals surface area contributed by atoms with E-state index in [0.717, 1.165) is 5.56 Å². The Balaban J connectivity index is 2.05. The number of carbonyl (C=O) groups is 1. The molecule has 2 aromatic rings. The van der Waals surface area contributed by atoms with Gasteiger partial charge < -0.3 is 15.2 Å². The molecule has 1 amide bonds. The molecule has 0 radical (unpaired) electrons. The van der Waals surface area contributed by atoms with Gasteiger partial charge in [-0.05, 0) is 42.8 Å². The number of rotatable bonds is 6. The fraction of sp³-hybridized carbons (Fsp3) is 0.238. The second-order valence-electron chi connectivity index (χ2n) is 6.15. The third-order valence-corrected chi connectivity index (χ3v) is 4.56. The first-order chi connectivity index (χ1) is 13.0. The number of nitrogens with zero attached hydrogens (tertiary/aromatic N) is 2. The lowest BCUT2D eigenvalue weighted by Gasteiger charge is -2.28. The van der Waals surface area contributed by atoms with Crippen molar-refractivity contribution >= 4 is 17.3 Å². The Kier molecular flexibility index (Phi) is 5.04. The lowest BCUT2D eigenvalue weighted by atomic mass is 10.0. The molecule has 0 aliphatic carbocycles. The van der Waals surface area contributed by atoms with Crippen molar-refractivity contribution in [2.24, 2.45) is 0 Å². The highest BCUT2D eigenvalue weighted by atomic mass is 16.5. The zero-order valence-corrected chi connectivity index (χ0v) is 15.4. The van der Waals surface area contributed by atoms with E-state index in [2.05, 4.69) is 12.6 Å². The van der Waals surface area contributed by atoms with E-state index in [9.17, 15) is 10.1 Å². The van der Waals surface area contributed by atoms with Crippen LogP contribution in [-0.2, 0) is 0 Å². The molecule has 0 bridgehead atoms. The van der Waals surface area contributed by atoms with Gasteiger partial charge in [-0.15, -0.1) is 0 Å². The molecule has 138 valence electrons. The minimum atomic E-state index is -0.492. The first kappa shape index (κ1) is 18.3. The van der Waals surface area contributed by atoms with Crippen molar-refractivity contribution in [1.29, 1.82) is 5.26 Å². The summed E-state index contributed by atoms with van der Waals surface area (Å²) < 4.78 is 11.0. The molecule has 27 heavy (non-hydrogen) atoms. The predicted octanol–water partition coefficient (Wildman–Crippen LogP) is 3.76. The van der Waals surface area contributed by atoms with Crippen LogP contribution in [0.2, 0.25) is 0 Å². The maximum atomic E-state index is 13.0. The molecule has 0 saturated heterocycles. The smallest absolute Gasteiger partial charge is 0.259 e. The van der Waals surface area contributed by atoms with Crippen molar-refractivity contribution < 1.29 is 14.3 Å². The number of anilines is 1. The van der Waals surface area contributed by atoms with E-state index in [1.165, 1.54) is 0 Å². The van der Waals surface area contributed by atoms with E-state index >= 15 is 0 Å². The van der Waals surface area contributed by atoms with Crippen LogP contribution in [0.5, 0.6) is 11.5 Å². The summed E-state index contributed by atoms with van der Waals surface area (Å²) in [5.74, 6) is 0.974. The molecule has 0 saturated carbocycles. The number of hydrogen-bond donors (Lipinski definition) is 1. The molecule has 0 aromatic heterocycles. The number of nitrogen functional groups attached to an aromatic ring is 1. The molecule has 1 aliphatic heterocycles. The SMILES string of the molecule is C=C1c2cc(N)ccc2C(=O)N1C(CC#N)c1ccc(OC)c(OCC)c1. The van der Waals surface area contributed by atoms with Crippen LogP contribution in [0.1, 0.15) is 40.9 Å². The van der Waals surface area contributed by atoms with Gasteiger partial charge in [0.1, 0.15) is 0 Å². The molecule has 6 nitrogen and oxygen atoms in total. The van der Waals surface area contributed by atoms with E-state index in [-0.39, 0.29) is 12.3 Å². The van der Waals surface area contributed by atoms with E-state index in [4.69, 9.17) is 15.2 Å². The summed E-state index contributed by atoms with van der Waals surface area (Å²) in [6, 6.07) is 12.2. The summed E-state index contributed by atoms with van der Waals surface area (Å²) in [4.78, 5) is 14.6. The second kappa shape index (κ2) is 7.42. The number of nitrogens with two attached hydrogens (primary N) is 1. The van der Waals surface area contributed by atoms with Gasteiger partial charge in [-0.3, -0.25) is 9.69 Å². The van der Waals surface area contributed by atoms with Crippen molar-refractivity contribution in [2.45, 2.75) is 19.4 Å². The number of ether oxygens (including phenoxy) is 2. The summed E-state index contributed by atoms with van der Waals surface area (Å²) in [5.41, 5.74) is 8.97. The predicted molar refractivity (Wildman–Crippen MR) is 103 cm³/mol. The van der Waals surface area contributed by atoms with E-state index in [1.54, 1.807) is 36.3 Å². The van der Waals surface area contributed by atoms with Crippen molar-refractivity contribution in [3.8, 4) is 17.6 Å². The summed E-state index contributed by atoms with van der Waals surface area (Å²) in [6.45, 7) is 6.43. The largest absolute Gasteiger partial charge is 0.493 e. The van der Waals surface area contributed by atoms with Crippen LogP contribution in [0.3, 0.4) is 0 Å². The highest BCUT2D eigenvalue weighted by Crippen LogP contribution is 2.42. The Morgan fingerprint density at radius 1 is 1.22 bits per heavy atom. The first-order valence-electron chi connectivity index (χ1n) is 8.61. The highest BCUT2D eigenvalue weighted by molar-refractivity contribution is 6.09. The van der Waals surface area contributed by atoms with Crippen molar-refractivity contribution in [3.63, 3.8) is 0 Å².